The molecule has 1 aliphatic rings. The van der Waals surface area contributed by atoms with Gasteiger partial charge in [0.15, 0.2) is 0 Å². The minimum absolute atomic E-state index is 0.222. The van der Waals surface area contributed by atoms with E-state index < -0.39 is 0 Å². The van der Waals surface area contributed by atoms with Gasteiger partial charge in [-0.3, -0.25) is 4.98 Å². The van der Waals surface area contributed by atoms with Gasteiger partial charge in [0, 0.05) is 36.4 Å². The van der Waals surface area contributed by atoms with Gasteiger partial charge in [0.1, 0.15) is 5.82 Å². The van der Waals surface area contributed by atoms with Crippen molar-refractivity contribution in [1.29, 1.82) is 0 Å². The monoisotopic (exact) mass is 357 g/mol. The van der Waals surface area contributed by atoms with Crippen molar-refractivity contribution < 1.29 is 4.39 Å². The number of aromatic amines is 1. The van der Waals surface area contributed by atoms with Gasteiger partial charge in [0.25, 0.3) is 0 Å². The highest BCUT2D eigenvalue weighted by molar-refractivity contribution is 6.05. The molecule has 0 unspecified atom stereocenters. The summed E-state index contributed by atoms with van der Waals surface area (Å²) in [4.78, 5) is 10.2. The van der Waals surface area contributed by atoms with Gasteiger partial charge in [0.2, 0.25) is 0 Å². The molecule has 0 amide bonds. The largest absolute Gasteiger partial charge is 0.354 e. The number of aromatic nitrogens is 2. The average Bonchev–Trinajstić information content (AvgIpc) is 3.08. The Morgan fingerprint density at radius 1 is 0.963 bits per heavy atom. The number of pyridine rings is 1. The van der Waals surface area contributed by atoms with Gasteiger partial charge in [-0.25, -0.2) is 4.39 Å². The number of rotatable bonds is 2. The first-order valence-corrected chi connectivity index (χ1v) is 9.22. The molecule has 0 atom stereocenters. The highest BCUT2D eigenvalue weighted by Gasteiger charge is 2.21. The Labute approximate surface area is 157 Å². The van der Waals surface area contributed by atoms with Gasteiger partial charge in [0.05, 0.1) is 11.2 Å². The Bertz CT molecular complexity index is 1110. The van der Waals surface area contributed by atoms with Crippen molar-refractivity contribution in [3.63, 3.8) is 0 Å². The number of H-pyrrole nitrogens is 1. The first kappa shape index (κ1) is 16.2. The second-order valence-electron chi connectivity index (χ2n) is 7.23. The first-order chi connectivity index (χ1) is 13.2. The van der Waals surface area contributed by atoms with Gasteiger partial charge in [-0.15, -0.1) is 0 Å². The summed E-state index contributed by atoms with van der Waals surface area (Å²) in [7, 11) is 2.16. The van der Waals surface area contributed by atoms with Crippen LogP contribution in [-0.4, -0.2) is 28.5 Å². The van der Waals surface area contributed by atoms with Crippen LogP contribution in [0.15, 0.2) is 60.9 Å². The van der Waals surface area contributed by atoms with Crippen LogP contribution in [0, 0.1) is 5.82 Å². The second-order valence-corrected chi connectivity index (χ2v) is 7.23. The fourth-order valence-corrected chi connectivity index (χ4v) is 4.12. The van der Waals surface area contributed by atoms with Gasteiger partial charge in [-0.1, -0.05) is 12.1 Å². The normalized spacial score (nSPS) is 14.4. The number of halogens is 1. The third-order valence-electron chi connectivity index (χ3n) is 5.46. The zero-order chi connectivity index (χ0) is 18.4. The van der Waals surface area contributed by atoms with Gasteiger partial charge >= 0.3 is 0 Å². The average molecular weight is 357 g/mol. The number of nitrogens with zero attached hydrogens (tertiary/aromatic N) is 2. The number of hydrogen-bond acceptors (Lipinski definition) is 2. The van der Waals surface area contributed by atoms with E-state index in [2.05, 4.69) is 34.0 Å². The van der Waals surface area contributed by atoms with Crippen molar-refractivity contribution in [2.75, 3.05) is 13.6 Å². The smallest absolute Gasteiger partial charge is 0.123 e. The molecule has 1 aliphatic heterocycles. The second kappa shape index (κ2) is 6.32. The Balaban J connectivity index is 1.81. The standard InChI is InChI=1S/C23H20FN3/c1-27-13-10-19-17(14-27)4-7-20-21(15-8-11-25-12-9-15)22(26-23(19)20)16-2-5-18(24)6-3-16/h2-9,11-12,26H,10,13-14H2,1H3. The molecule has 1 N–H and O–H groups in total. The van der Waals surface area contributed by atoms with Crippen LogP contribution >= 0.6 is 0 Å². The predicted molar refractivity (Wildman–Crippen MR) is 107 cm³/mol. The Morgan fingerprint density at radius 2 is 1.74 bits per heavy atom. The van der Waals surface area contributed by atoms with Crippen LogP contribution < -0.4 is 0 Å². The van der Waals surface area contributed by atoms with E-state index >= 15 is 0 Å². The highest BCUT2D eigenvalue weighted by atomic mass is 19.1. The predicted octanol–water partition coefficient (Wildman–Crippen LogP) is 5.02. The number of nitrogens with one attached hydrogen (secondary N) is 1. The summed E-state index contributed by atoms with van der Waals surface area (Å²) in [6.07, 6.45) is 4.66. The molecule has 5 rings (SSSR count). The number of likely N-dealkylation sites (N-methyl/N-ethyl adjacent to an activating group) is 1. The molecular formula is C23H20FN3. The van der Waals surface area contributed by atoms with Crippen molar-refractivity contribution >= 4 is 10.9 Å². The molecule has 0 spiro atoms. The summed E-state index contributed by atoms with van der Waals surface area (Å²) in [5.74, 6) is -0.222. The van der Waals surface area contributed by atoms with E-state index in [1.807, 2.05) is 36.7 Å². The van der Waals surface area contributed by atoms with E-state index in [-0.39, 0.29) is 5.82 Å². The quantitative estimate of drug-likeness (QED) is 0.546. The molecule has 3 nitrogen and oxygen atoms in total. The minimum atomic E-state index is -0.222. The molecule has 0 bridgehead atoms. The van der Waals surface area contributed by atoms with Crippen molar-refractivity contribution in [3.05, 3.63) is 77.9 Å². The van der Waals surface area contributed by atoms with Crippen LogP contribution in [0.2, 0.25) is 0 Å². The maximum atomic E-state index is 13.5. The molecule has 3 heterocycles. The van der Waals surface area contributed by atoms with Crippen LogP contribution in [-0.2, 0) is 13.0 Å². The summed E-state index contributed by atoms with van der Waals surface area (Å²) in [5.41, 5.74) is 8.26. The summed E-state index contributed by atoms with van der Waals surface area (Å²) in [6.45, 7) is 2.03. The molecule has 27 heavy (non-hydrogen) atoms. The Hall–Kier alpha value is -2.98. The van der Waals surface area contributed by atoms with Crippen LogP contribution in [0.5, 0.6) is 0 Å². The lowest BCUT2D eigenvalue weighted by atomic mass is 9.94. The minimum Gasteiger partial charge on any atom is -0.354 e. The Morgan fingerprint density at radius 3 is 2.52 bits per heavy atom. The lowest BCUT2D eigenvalue weighted by Gasteiger charge is -2.25. The summed E-state index contributed by atoms with van der Waals surface area (Å²) >= 11 is 0. The number of hydrogen-bond donors (Lipinski definition) is 1. The van der Waals surface area contributed by atoms with E-state index in [1.54, 1.807) is 0 Å². The van der Waals surface area contributed by atoms with Crippen LogP contribution in [0.4, 0.5) is 4.39 Å². The molecule has 0 saturated heterocycles. The molecule has 0 radical (unpaired) electrons. The van der Waals surface area contributed by atoms with Crippen molar-refractivity contribution in [2.45, 2.75) is 13.0 Å². The SMILES string of the molecule is CN1CCc2c(ccc3c(-c4ccncc4)c(-c4ccc(F)cc4)[nH]c23)C1. The molecule has 0 aliphatic carbocycles. The molecular weight excluding hydrogens is 337 g/mol. The molecule has 4 heteroatoms. The van der Waals surface area contributed by atoms with Crippen molar-refractivity contribution in [2.24, 2.45) is 0 Å². The summed E-state index contributed by atoms with van der Waals surface area (Å²) in [5, 5.41) is 1.21. The summed E-state index contributed by atoms with van der Waals surface area (Å²) in [6, 6.07) is 15.2. The molecule has 4 aromatic rings. The van der Waals surface area contributed by atoms with E-state index in [4.69, 9.17) is 0 Å². The number of fused-ring (bicyclic) bond motifs is 3. The first-order valence-electron chi connectivity index (χ1n) is 9.22. The van der Waals surface area contributed by atoms with Crippen molar-refractivity contribution in [1.82, 2.24) is 14.9 Å². The third kappa shape index (κ3) is 2.73. The lowest BCUT2D eigenvalue weighted by Crippen LogP contribution is -2.26. The molecule has 0 saturated carbocycles. The maximum Gasteiger partial charge on any atom is 0.123 e. The van der Waals surface area contributed by atoms with Gasteiger partial charge in [-0.05, 0) is 72.1 Å². The molecule has 134 valence electrons. The van der Waals surface area contributed by atoms with Gasteiger partial charge < -0.3 is 9.88 Å². The number of benzene rings is 2. The van der Waals surface area contributed by atoms with Crippen LogP contribution in [0.25, 0.3) is 33.3 Å². The third-order valence-corrected chi connectivity index (χ3v) is 5.46. The van der Waals surface area contributed by atoms with Crippen LogP contribution in [0.3, 0.4) is 0 Å². The van der Waals surface area contributed by atoms with E-state index in [0.717, 1.165) is 41.9 Å². The Kier molecular flexibility index (Phi) is 3.80. The summed E-state index contributed by atoms with van der Waals surface area (Å²) < 4.78 is 13.5. The van der Waals surface area contributed by atoms with Crippen LogP contribution in [0.1, 0.15) is 11.1 Å². The maximum absolute atomic E-state index is 13.5. The fraction of sp³-hybridized carbons (Fsp3) is 0.174. The fourth-order valence-electron chi connectivity index (χ4n) is 4.12. The van der Waals surface area contributed by atoms with E-state index in [0.29, 0.717) is 0 Å². The molecule has 2 aromatic heterocycles. The zero-order valence-corrected chi connectivity index (χ0v) is 15.2. The molecule has 2 aromatic carbocycles. The van der Waals surface area contributed by atoms with E-state index in [9.17, 15) is 4.39 Å². The molecule has 0 fully saturated rings. The lowest BCUT2D eigenvalue weighted by molar-refractivity contribution is 0.314. The van der Waals surface area contributed by atoms with Gasteiger partial charge in [-0.2, -0.15) is 0 Å². The topological polar surface area (TPSA) is 31.9 Å². The van der Waals surface area contributed by atoms with Crippen molar-refractivity contribution in [3.8, 4) is 22.4 Å². The van der Waals surface area contributed by atoms with E-state index in [1.165, 1.54) is 34.2 Å². The highest BCUT2D eigenvalue weighted by Crippen LogP contribution is 2.40. The zero-order valence-electron chi connectivity index (χ0n) is 15.2.